The summed E-state index contributed by atoms with van der Waals surface area (Å²) in [5, 5.41) is 11.6. The molecule has 2 fully saturated rings. The molecule has 2 aliphatic carbocycles. The monoisotopic (exact) mass is 770 g/mol. The Labute approximate surface area is 303 Å². The van der Waals surface area contributed by atoms with E-state index < -0.39 is 28.8 Å². The number of hydrogen-bond donors (Lipinski definition) is 0. The predicted octanol–water partition coefficient (Wildman–Crippen LogP) is 12.0. The van der Waals surface area contributed by atoms with Gasteiger partial charge in [-0.05, 0) is 55.5 Å². The van der Waals surface area contributed by atoms with E-state index in [-0.39, 0.29) is 7.92 Å². The van der Waals surface area contributed by atoms with Crippen LogP contribution >= 0.6 is 32.9 Å². The molecule has 0 aromatic heterocycles. The summed E-state index contributed by atoms with van der Waals surface area (Å²) in [7, 11) is 9.44. The van der Waals surface area contributed by atoms with Crippen molar-refractivity contribution < 1.29 is 20.8 Å². The van der Waals surface area contributed by atoms with E-state index in [4.69, 9.17) is 17.0 Å². The zero-order valence-electron chi connectivity index (χ0n) is 27.1. The molecule has 47 heavy (non-hydrogen) atoms. The topological polar surface area (TPSA) is 0 Å². The van der Waals surface area contributed by atoms with Crippen LogP contribution in [0.15, 0.2) is 133 Å². The van der Waals surface area contributed by atoms with Crippen LogP contribution in [0, 0.1) is 0 Å². The average Bonchev–Trinajstić information content (AvgIpc) is 3.75. The van der Waals surface area contributed by atoms with Gasteiger partial charge in [-0.3, -0.25) is 0 Å². The van der Waals surface area contributed by atoms with Crippen molar-refractivity contribution in [2.75, 3.05) is 0 Å². The van der Waals surface area contributed by atoms with Gasteiger partial charge < -0.3 is 0 Å². The Morgan fingerprint density at radius 2 is 0.872 bits per heavy atom. The van der Waals surface area contributed by atoms with Crippen LogP contribution < -0.4 is 21.2 Å². The standard InChI is InChI=1S/C21H28P.C21H16P.2ClH.Zr/c2*1-3-11-19(12-4-1)22(20-13-5-2-6-14-20)21-15-17-9-7-8-10-18(17)16-21;;;/h7-10,15-16,19-20H,1-6,11-14H2;1-16H;2*1H;/q2*-1;;;+4/p-2. The van der Waals surface area contributed by atoms with Crippen LogP contribution in [0.3, 0.4) is 0 Å². The summed E-state index contributed by atoms with van der Waals surface area (Å²) in [4.78, 5) is 0. The summed E-state index contributed by atoms with van der Waals surface area (Å²) in [5.74, 6) is 0. The van der Waals surface area contributed by atoms with Gasteiger partial charge >= 0.3 is 37.9 Å². The number of benzene rings is 4. The van der Waals surface area contributed by atoms with Crippen molar-refractivity contribution in [3.63, 3.8) is 0 Å². The van der Waals surface area contributed by atoms with Crippen molar-refractivity contribution in [2.45, 2.75) is 75.5 Å². The molecule has 8 rings (SSSR count). The van der Waals surface area contributed by atoms with Gasteiger partial charge in [-0.2, -0.15) is 12.1 Å². The Hall–Kier alpha value is -1.58. The predicted molar refractivity (Wildman–Crippen MR) is 210 cm³/mol. The zero-order valence-corrected chi connectivity index (χ0v) is 32.8. The summed E-state index contributed by atoms with van der Waals surface area (Å²) in [6.45, 7) is 0. The molecular weight excluding hydrogens is 729 g/mol. The number of rotatable bonds is 6. The molecule has 2 saturated carbocycles. The second kappa shape index (κ2) is 18.4. The van der Waals surface area contributed by atoms with E-state index in [1.165, 1.54) is 102 Å². The van der Waals surface area contributed by atoms with E-state index in [1.54, 1.807) is 5.30 Å². The van der Waals surface area contributed by atoms with Crippen LogP contribution in [0.4, 0.5) is 0 Å². The van der Waals surface area contributed by atoms with Gasteiger partial charge in [-0.15, -0.1) is 80.7 Å². The molecule has 0 spiro atoms. The first-order valence-electron chi connectivity index (χ1n) is 17.2. The van der Waals surface area contributed by atoms with Crippen LogP contribution in [0.5, 0.6) is 0 Å². The van der Waals surface area contributed by atoms with Crippen molar-refractivity contribution in [3.8, 4) is 0 Å². The van der Waals surface area contributed by atoms with Crippen molar-refractivity contribution in [1.29, 1.82) is 0 Å². The quantitative estimate of drug-likeness (QED) is 0.117. The second-order valence-corrected chi connectivity index (χ2v) is 21.5. The fourth-order valence-electron chi connectivity index (χ4n) is 7.59. The fraction of sp³-hybridized carbons (Fsp3) is 0.286. The second-order valence-electron chi connectivity index (χ2n) is 12.8. The smallest absolute Gasteiger partial charge is 0.0166 e. The SMILES string of the molecule is [Cl][Zr+2][Cl].c1ccc(P(c2ccccc2)c2cc3ccccc3[cH-]2)cc1.c1ccc2[cH-]c(P(C3CCCCC3)C3CCCCC3)cc2c1. The van der Waals surface area contributed by atoms with Gasteiger partial charge in [0.2, 0.25) is 0 Å². The molecule has 0 unspecified atom stereocenters. The van der Waals surface area contributed by atoms with Crippen molar-refractivity contribution in [3.05, 3.63) is 133 Å². The molecule has 0 saturated heterocycles. The van der Waals surface area contributed by atoms with E-state index in [9.17, 15) is 0 Å². The Kier molecular flexibility index (Phi) is 13.8. The Bertz CT molecular complexity index is 1640. The molecule has 0 heterocycles. The molecule has 0 nitrogen and oxygen atoms in total. The molecule has 6 aromatic carbocycles. The van der Waals surface area contributed by atoms with Crippen LogP contribution in [0.1, 0.15) is 64.2 Å². The first-order chi connectivity index (χ1) is 23.2. The molecule has 2 aliphatic rings. The number of hydrogen-bond acceptors (Lipinski definition) is 0. The van der Waals surface area contributed by atoms with Crippen LogP contribution in [0.25, 0.3) is 21.5 Å². The average molecular weight is 773 g/mol. The Morgan fingerprint density at radius 3 is 1.32 bits per heavy atom. The minimum Gasteiger partial charge on any atom is -0.161 e. The molecule has 0 atom stereocenters. The maximum atomic E-state index is 4.93. The molecule has 0 radical (unpaired) electrons. The summed E-state index contributed by atoms with van der Waals surface area (Å²) >= 11 is -0.826. The van der Waals surface area contributed by atoms with Crippen LogP contribution in [-0.2, 0) is 20.8 Å². The maximum Gasteiger partial charge on any atom is -0.0166 e. The third-order valence-electron chi connectivity index (χ3n) is 9.73. The normalized spacial score (nSPS) is 15.6. The van der Waals surface area contributed by atoms with Crippen molar-refractivity contribution in [1.82, 2.24) is 0 Å². The van der Waals surface area contributed by atoms with Gasteiger partial charge in [0.1, 0.15) is 0 Å². The Morgan fingerprint density at radius 1 is 0.489 bits per heavy atom. The van der Waals surface area contributed by atoms with Crippen molar-refractivity contribution >= 4 is 75.6 Å². The number of halogens is 2. The molecular formula is C42H44Cl2P2Zr. The maximum absolute atomic E-state index is 4.93. The molecule has 6 aromatic rings. The van der Waals surface area contributed by atoms with E-state index in [1.807, 2.05) is 0 Å². The Balaban J connectivity index is 0.000000152. The van der Waals surface area contributed by atoms with Gasteiger partial charge in [0.25, 0.3) is 0 Å². The van der Waals surface area contributed by atoms with Crippen LogP contribution in [0.2, 0.25) is 0 Å². The summed E-state index contributed by atoms with van der Waals surface area (Å²) in [6, 6.07) is 49.1. The fourth-order valence-corrected chi connectivity index (χ4v) is 13.8. The van der Waals surface area contributed by atoms with E-state index in [0.717, 1.165) is 11.3 Å². The summed E-state index contributed by atoms with van der Waals surface area (Å²) < 4.78 is 0. The van der Waals surface area contributed by atoms with Gasteiger partial charge in [0.15, 0.2) is 0 Å². The summed E-state index contributed by atoms with van der Waals surface area (Å²) in [5.41, 5.74) is 2.03. The van der Waals surface area contributed by atoms with Gasteiger partial charge in [0, 0.05) is 0 Å². The first-order valence-corrected chi connectivity index (χ1v) is 26.4. The van der Waals surface area contributed by atoms with E-state index >= 15 is 0 Å². The first kappa shape index (κ1) is 35.3. The molecule has 5 heteroatoms. The third-order valence-corrected chi connectivity index (χ3v) is 15.6. The number of fused-ring (bicyclic) bond motifs is 2. The van der Waals surface area contributed by atoms with E-state index in [0.29, 0.717) is 0 Å². The third kappa shape index (κ3) is 9.36. The molecule has 0 bridgehead atoms. The molecule has 0 N–H and O–H groups in total. The zero-order chi connectivity index (χ0) is 32.3. The summed E-state index contributed by atoms with van der Waals surface area (Å²) in [6.07, 6.45) is 14.9. The molecule has 0 aliphatic heterocycles. The minimum absolute atomic E-state index is 0.0611. The van der Waals surface area contributed by atoms with Gasteiger partial charge in [-0.1, -0.05) is 119 Å². The van der Waals surface area contributed by atoms with Gasteiger partial charge in [0.05, 0.1) is 0 Å². The van der Waals surface area contributed by atoms with Crippen molar-refractivity contribution in [2.24, 2.45) is 0 Å². The molecule has 240 valence electrons. The minimum atomic E-state index is -0.826. The largest absolute Gasteiger partial charge is 0.161 e. The van der Waals surface area contributed by atoms with Gasteiger partial charge in [-0.25, -0.2) is 0 Å². The van der Waals surface area contributed by atoms with Crippen LogP contribution in [-0.4, -0.2) is 11.3 Å². The molecule has 0 amide bonds. The van der Waals surface area contributed by atoms with E-state index in [2.05, 4.69) is 133 Å².